The summed E-state index contributed by atoms with van der Waals surface area (Å²) < 4.78 is 0. The van der Waals surface area contributed by atoms with E-state index < -0.39 is 0 Å². The summed E-state index contributed by atoms with van der Waals surface area (Å²) in [6.07, 6.45) is -0.378. The van der Waals surface area contributed by atoms with E-state index in [1.54, 1.807) is 16.3 Å². The Bertz CT molecular complexity index is 563. The van der Waals surface area contributed by atoms with Crippen molar-refractivity contribution in [2.75, 3.05) is 32.7 Å². The zero-order valence-electron chi connectivity index (χ0n) is 13.4. The Morgan fingerprint density at radius 1 is 1.41 bits per heavy atom. The van der Waals surface area contributed by atoms with Gasteiger partial charge in [0.05, 0.1) is 11.7 Å². The van der Waals surface area contributed by atoms with Crippen molar-refractivity contribution in [2.45, 2.75) is 26.9 Å². The second kappa shape index (κ2) is 6.78. The van der Waals surface area contributed by atoms with Gasteiger partial charge in [-0.2, -0.15) is 5.26 Å². The number of thiophene rings is 1. The highest BCUT2D eigenvalue weighted by Crippen LogP contribution is 2.22. The zero-order valence-corrected chi connectivity index (χ0v) is 14.2. The molecule has 1 aliphatic rings. The molecule has 1 aliphatic heterocycles. The van der Waals surface area contributed by atoms with Gasteiger partial charge in [-0.1, -0.05) is 20.8 Å². The minimum atomic E-state index is -0.378. The Kier molecular flexibility index (Phi) is 5.22. The molecule has 1 amide bonds. The predicted octanol–water partition coefficient (Wildman–Crippen LogP) is 1.78. The maximum absolute atomic E-state index is 12.4. The van der Waals surface area contributed by atoms with E-state index in [1.807, 2.05) is 20.8 Å². The lowest BCUT2D eigenvalue weighted by Gasteiger charge is -2.37. The van der Waals surface area contributed by atoms with Gasteiger partial charge in [-0.3, -0.25) is 9.69 Å². The van der Waals surface area contributed by atoms with E-state index in [1.165, 1.54) is 11.3 Å². The molecule has 1 fully saturated rings. The molecule has 0 aromatic carbocycles. The van der Waals surface area contributed by atoms with E-state index in [-0.39, 0.29) is 17.4 Å². The predicted molar refractivity (Wildman–Crippen MR) is 86.8 cm³/mol. The summed E-state index contributed by atoms with van der Waals surface area (Å²) in [5.74, 6) is -0.0532. The molecule has 0 spiro atoms. The van der Waals surface area contributed by atoms with E-state index in [0.29, 0.717) is 30.1 Å². The number of piperazine rings is 1. The molecule has 2 rings (SSSR count). The van der Waals surface area contributed by atoms with E-state index in [2.05, 4.69) is 11.0 Å². The first kappa shape index (κ1) is 16.9. The van der Waals surface area contributed by atoms with Gasteiger partial charge in [-0.05, 0) is 16.9 Å². The Balaban J connectivity index is 1.90. The zero-order chi connectivity index (χ0) is 16.3. The van der Waals surface area contributed by atoms with Crippen LogP contribution >= 0.6 is 11.3 Å². The van der Waals surface area contributed by atoms with Gasteiger partial charge in [0.2, 0.25) is 0 Å². The topological polar surface area (TPSA) is 67.6 Å². The van der Waals surface area contributed by atoms with Crippen LogP contribution in [0.1, 0.15) is 36.0 Å². The van der Waals surface area contributed by atoms with Crippen LogP contribution < -0.4 is 0 Å². The molecule has 0 saturated carbocycles. The number of hydrogen-bond acceptors (Lipinski definition) is 5. The number of aliphatic hydroxyl groups excluding tert-OH is 1. The average molecular weight is 321 g/mol. The lowest BCUT2D eigenvalue weighted by atomic mass is 9.89. The van der Waals surface area contributed by atoms with E-state index in [0.717, 1.165) is 13.1 Å². The van der Waals surface area contributed by atoms with Crippen LogP contribution in [0.5, 0.6) is 0 Å². The Morgan fingerprint density at radius 2 is 2.05 bits per heavy atom. The number of nitrogens with zero attached hydrogens (tertiary/aromatic N) is 3. The third-order valence-corrected chi connectivity index (χ3v) is 4.97. The highest BCUT2D eigenvalue weighted by atomic mass is 32.1. The molecule has 1 atom stereocenters. The molecule has 2 heterocycles. The van der Waals surface area contributed by atoms with Gasteiger partial charge >= 0.3 is 0 Å². The number of rotatable bonds is 3. The second-order valence-corrected chi connectivity index (χ2v) is 7.67. The quantitative estimate of drug-likeness (QED) is 0.921. The van der Waals surface area contributed by atoms with Crippen LogP contribution in [0.2, 0.25) is 0 Å². The first-order valence-corrected chi connectivity index (χ1v) is 8.38. The molecule has 6 heteroatoms. The molecule has 0 bridgehead atoms. The molecule has 0 aliphatic carbocycles. The summed E-state index contributed by atoms with van der Waals surface area (Å²) in [5.41, 5.74) is 0.326. The van der Waals surface area contributed by atoms with Crippen molar-refractivity contribution in [1.29, 1.82) is 5.26 Å². The lowest BCUT2D eigenvalue weighted by Crippen LogP contribution is -2.51. The summed E-state index contributed by atoms with van der Waals surface area (Å²) in [6.45, 7) is 9.50. The van der Waals surface area contributed by atoms with Gasteiger partial charge < -0.3 is 10.0 Å². The summed E-state index contributed by atoms with van der Waals surface area (Å²) in [7, 11) is 0. The maximum Gasteiger partial charge on any atom is 0.265 e. The summed E-state index contributed by atoms with van der Waals surface area (Å²) >= 11 is 1.32. The highest BCUT2D eigenvalue weighted by Gasteiger charge is 2.28. The van der Waals surface area contributed by atoms with Crippen LogP contribution in [0, 0.1) is 16.7 Å². The summed E-state index contributed by atoms with van der Waals surface area (Å²) in [6, 6.07) is 3.75. The summed E-state index contributed by atoms with van der Waals surface area (Å²) in [5, 5.41) is 21.0. The molecule has 1 N–H and O–H groups in total. The van der Waals surface area contributed by atoms with Gasteiger partial charge in [0.25, 0.3) is 5.91 Å². The van der Waals surface area contributed by atoms with Crippen molar-refractivity contribution in [3.8, 4) is 6.07 Å². The molecular weight excluding hydrogens is 298 g/mol. The fraction of sp³-hybridized carbons (Fsp3) is 0.625. The van der Waals surface area contributed by atoms with Crippen LogP contribution in [-0.4, -0.2) is 59.6 Å². The molecule has 1 saturated heterocycles. The van der Waals surface area contributed by atoms with Gasteiger partial charge in [0, 0.05) is 32.7 Å². The van der Waals surface area contributed by atoms with Crippen LogP contribution in [0.25, 0.3) is 0 Å². The fourth-order valence-corrected chi connectivity index (χ4v) is 3.17. The third-order valence-electron chi connectivity index (χ3n) is 4.07. The Hall–Kier alpha value is -1.42. The smallest absolute Gasteiger partial charge is 0.265 e. The highest BCUT2D eigenvalue weighted by molar-refractivity contribution is 7.12. The number of carbonyl (C=O) groups is 1. The number of amides is 1. The summed E-state index contributed by atoms with van der Waals surface area (Å²) in [4.78, 5) is 17.0. The molecule has 0 radical (unpaired) electrons. The average Bonchev–Trinajstić information content (AvgIpc) is 2.94. The third kappa shape index (κ3) is 3.86. The minimum absolute atomic E-state index is 0.0532. The van der Waals surface area contributed by atoms with Crippen LogP contribution in [-0.2, 0) is 0 Å². The van der Waals surface area contributed by atoms with Gasteiger partial charge in [0.15, 0.2) is 0 Å². The van der Waals surface area contributed by atoms with E-state index in [9.17, 15) is 9.90 Å². The second-order valence-electron chi connectivity index (χ2n) is 6.75. The van der Waals surface area contributed by atoms with Crippen molar-refractivity contribution in [2.24, 2.45) is 5.41 Å². The van der Waals surface area contributed by atoms with Crippen molar-refractivity contribution in [3.63, 3.8) is 0 Å². The molecule has 5 nitrogen and oxygen atoms in total. The minimum Gasteiger partial charge on any atom is -0.391 e. The monoisotopic (exact) mass is 321 g/mol. The normalized spacial score (nSPS) is 18.0. The van der Waals surface area contributed by atoms with Crippen LogP contribution in [0.4, 0.5) is 0 Å². The number of hydrogen-bond donors (Lipinski definition) is 1. The van der Waals surface area contributed by atoms with Crippen molar-refractivity contribution >= 4 is 17.2 Å². The Morgan fingerprint density at radius 3 is 2.59 bits per heavy atom. The first-order chi connectivity index (χ1) is 10.3. The standard InChI is InChI=1S/C16H23N3O2S/c1-16(2,3)13(20)11-18-5-7-19(8-6-18)15(21)14-12(10-17)4-9-22-14/h4,9,13,20H,5-8,11H2,1-3H3. The Labute approximate surface area is 135 Å². The van der Waals surface area contributed by atoms with Crippen LogP contribution in [0.3, 0.4) is 0 Å². The molecule has 22 heavy (non-hydrogen) atoms. The molecule has 120 valence electrons. The number of aliphatic hydroxyl groups is 1. The van der Waals surface area contributed by atoms with Gasteiger partial charge in [-0.25, -0.2) is 0 Å². The van der Waals surface area contributed by atoms with E-state index >= 15 is 0 Å². The van der Waals surface area contributed by atoms with Crippen LogP contribution in [0.15, 0.2) is 11.4 Å². The number of carbonyl (C=O) groups excluding carboxylic acids is 1. The molecular formula is C16H23N3O2S. The number of nitriles is 1. The maximum atomic E-state index is 12.4. The van der Waals surface area contributed by atoms with Crippen molar-refractivity contribution in [1.82, 2.24) is 9.80 Å². The first-order valence-electron chi connectivity index (χ1n) is 7.50. The molecule has 1 aromatic rings. The van der Waals surface area contributed by atoms with E-state index in [4.69, 9.17) is 5.26 Å². The lowest BCUT2D eigenvalue weighted by molar-refractivity contribution is 0.0137. The molecule has 1 unspecified atom stereocenters. The fourth-order valence-electron chi connectivity index (χ4n) is 2.36. The van der Waals surface area contributed by atoms with Gasteiger partial charge in [0.1, 0.15) is 10.9 Å². The SMILES string of the molecule is CC(C)(C)C(O)CN1CCN(C(=O)c2sccc2C#N)CC1. The largest absolute Gasteiger partial charge is 0.391 e. The van der Waals surface area contributed by atoms with Crippen molar-refractivity contribution in [3.05, 3.63) is 21.9 Å². The molecule has 1 aromatic heterocycles. The number of β-amino-alcohol motifs (C(OH)–C–C–N with tert-alkyl or cyclic N) is 1. The van der Waals surface area contributed by atoms with Gasteiger partial charge in [-0.15, -0.1) is 11.3 Å². The van der Waals surface area contributed by atoms with Crippen molar-refractivity contribution < 1.29 is 9.90 Å².